The van der Waals surface area contributed by atoms with Crippen LogP contribution in [-0.4, -0.2) is 34.3 Å². The smallest absolute Gasteiger partial charge is 0.352 e. The van der Waals surface area contributed by atoms with E-state index in [4.69, 9.17) is 11.6 Å². The van der Waals surface area contributed by atoms with Gasteiger partial charge in [0.2, 0.25) is 11.7 Å². The summed E-state index contributed by atoms with van der Waals surface area (Å²) in [6.45, 7) is 1.43. The molecule has 14 heteroatoms. The van der Waals surface area contributed by atoms with Crippen LogP contribution in [0.4, 0.5) is 27.8 Å². The molecule has 2 aromatic carbocycles. The predicted molar refractivity (Wildman–Crippen MR) is 121 cm³/mol. The minimum Gasteiger partial charge on any atom is -0.352 e. The second-order valence-corrected chi connectivity index (χ2v) is 8.49. The molecule has 0 saturated heterocycles. The van der Waals surface area contributed by atoms with Gasteiger partial charge in [0.1, 0.15) is 17.7 Å². The number of hydrogen-bond acceptors (Lipinski definition) is 4. The van der Waals surface area contributed by atoms with E-state index in [1.54, 1.807) is 0 Å². The number of benzene rings is 2. The number of alkyl halides is 3. The van der Waals surface area contributed by atoms with Crippen LogP contribution in [-0.2, 0) is 11.0 Å². The van der Waals surface area contributed by atoms with Gasteiger partial charge in [0.25, 0.3) is 11.8 Å². The number of hydrogen-bond donors (Lipinski definition) is 3. The number of carbonyl (C=O) groups is 3. The SMILES string of the molecule is CNC(=O)c1nc(NC(=O)c2cc(F)cc(C(F)(F)F)c2)c2n1[C@@H](C)C(=O)N[C@H]2c1cc(F)ccc1Cl. The Morgan fingerprint density at radius 3 is 2.43 bits per heavy atom. The van der Waals surface area contributed by atoms with Crippen molar-refractivity contribution in [2.75, 3.05) is 12.4 Å². The molecule has 0 bridgehead atoms. The number of carbonyl (C=O) groups excluding carboxylic acids is 3. The number of imidazole rings is 1. The summed E-state index contributed by atoms with van der Waals surface area (Å²) in [6, 6.07) is 2.38. The maximum Gasteiger partial charge on any atom is 0.416 e. The van der Waals surface area contributed by atoms with Gasteiger partial charge in [-0.05, 0) is 43.3 Å². The standard InChI is InChI=1S/C23H17ClF5N5O3/c1-9-20(35)31-16(14-8-12(25)3-4-15(14)24)17-18(32-19(34(9)17)22(37)30-2)33-21(36)10-5-11(23(27,28)29)7-13(26)6-10/h3-9,16H,1-2H3,(H,30,37)(H,31,35)(H,33,36)/t9-,16-/m0/s1. The average molecular weight is 542 g/mol. The monoisotopic (exact) mass is 541 g/mol. The van der Waals surface area contributed by atoms with Crippen molar-refractivity contribution < 1.29 is 36.3 Å². The van der Waals surface area contributed by atoms with Gasteiger partial charge in [0.05, 0.1) is 17.3 Å². The Labute approximate surface area is 210 Å². The summed E-state index contributed by atoms with van der Waals surface area (Å²) in [5.41, 5.74) is -2.00. The molecule has 1 aromatic heterocycles. The lowest BCUT2D eigenvalue weighted by atomic mass is 9.99. The lowest BCUT2D eigenvalue weighted by molar-refractivity contribution is -0.137. The number of rotatable bonds is 4. The van der Waals surface area contributed by atoms with Gasteiger partial charge in [-0.25, -0.2) is 13.8 Å². The van der Waals surface area contributed by atoms with Crippen LogP contribution in [0.25, 0.3) is 0 Å². The highest BCUT2D eigenvalue weighted by atomic mass is 35.5. The zero-order chi connectivity index (χ0) is 27.2. The first-order chi connectivity index (χ1) is 17.3. The third-order valence-electron chi connectivity index (χ3n) is 5.69. The van der Waals surface area contributed by atoms with Crippen molar-refractivity contribution in [1.82, 2.24) is 20.2 Å². The maximum atomic E-state index is 14.1. The van der Waals surface area contributed by atoms with Gasteiger partial charge in [-0.2, -0.15) is 13.2 Å². The van der Waals surface area contributed by atoms with E-state index in [2.05, 4.69) is 20.9 Å². The van der Waals surface area contributed by atoms with Crippen LogP contribution in [0.3, 0.4) is 0 Å². The molecule has 2 atom stereocenters. The van der Waals surface area contributed by atoms with E-state index < -0.39 is 58.7 Å². The van der Waals surface area contributed by atoms with Crippen molar-refractivity contribution in [2.24, 2.45) is 0 Å². The summed E-state index contributed by atoms with van der Waals surface area (Å²) in [7, 11) is 1.29. The molecule has 0 saturated carbocycles. The van der Waals surface area contributed by atoms with Gasteiger partial charge in [-0.15, -0.1) is 0 Å². The largest absolute Gasteiger partial charge is 0.416 e. The van der Waals surface area contributed by atoms with Crippen molar-refractivity contribution in [3.8, 4) is 0 Å². The fraction of sp³-hybridized carbons (Fsp3) is 0.217. The first kappa shape index (κ1) is 26.1. The van der Waals surface area contributed by atoms with Crippen molar-refractivity contribution in [2.45, 2.75) is 25.2 Å². The first-order valence-electron chi connectivity index (χ1n) is 10.6. The van der Waals surface area contributed by atoms with Crippen LogP contribution in [0, 0.1) is 11.6 Å². The zero-order valence-corrected chi connectivity index (χ0v) is 19.8. The molecule has 8 nitrogen and oxygen atoms in total. The molecule has 194 valence electrons. The fourth-order valence-electron chi connectivity index (χ4n) is 3.95. The van der Waals surface area contributed by atoms with Gasteiger partial charge in [-0.1, -0.05) is 11.6 Å². The second-order valence-electron chi connectivity index (χ2n) is 8.08. The molecule has 2 heterocycles. The topological polar surface area (TPSA) is 105 Å². The number of aromatic nitrogens is 2. The summed E-state index contributed by atoms with van der Waals surface area (Å²) in [5, 5.41) is 7.29. The van der Waals surface area contributed by atoms with Crippen LogP contribution in [0.1, 0.15) is 56.8 Å². The number of halogens is 6. The first-order valence-corrected chi connectivity index (χ1v) is 11.0. The van der Waals surface area contributed by atoms with Crippen molar-refractivity contribution in [3.63, 3.8) is 0 Å². The van der Waals surface area contributed by atoms with Gasteiger partial charge >= 0.3 is 6.18 Å². The number of nitrogens with one attached hydrogen (secondary N) is 3. The third kappa shape index (κ3) is 4.86. The Balaban J connectivity index is 1.88. The van der Waals surface area contributed by atoms with E-state index in [0.717, 1.165) is 12.1 Å². The molecular formula is C23H17ClF5N5O3. The molecule has 37 heavy (non-hydrogen) atoms. The molecular weight excluding hydrogens is 525 g/mol. The normalized spacial score (nSPS) is 17.1. The van der Waals surface area contributed by atoms with Crippen LogP contribution in [0.2, 0.25) is 5.02 Å². The van der Waals surface area contributed by atoms with E-state index in [0.29, 0.717) is 12.1 Å². The van der Waals surface area contributed by atoms with Crippen LogP contribution in [0.5, 0.6) is 0 Å². The minimum absolute atomic E-state index is 0.000928. The molecule has 0 unspecified atom stereocenters. The van der Waals surface area contributed by atoms with Crippen LogP contribution < -0.4 is 16.0 Å². The highest BCUT2D eigenvalue weighted by Crippen LogP contribution is 2.39. The summed E-state index contributed by atoms with van der Waals surface area (Å²) in [4.78, 5) is 42.4. The summed E-state index contributed by atoms with van der Waals surface area (Å²) < 4.78 is 68.6. The Hall–Kier alpha value is -4.00. The molecule has 0 fully saturated rings. The van der Waals surface area contributed by atoms with Gasteiger partial charge < -0.3 is 20.5 Å². The molecule has 3 aromatic rings. The van der Waals surface area contributed by atoms with E-state index in [-0.39, 0.29) is 34.0 Å². The number of fused-ring (bicyclic) bond motifs is 1. The lowest BCUT2D eigenvalue weighted by Crippen LogP contribution is -2.43. The quantitative estimate of drug-likeness (QED) is 0.430. The van der Waals surface area contributed by atoms with Crippen molar-refractivity contribution in [1.29, 1.82) is 0 Å². The number of anilines is 1. The van der Waals surface area contributed by atoms with Crippen LogP contribution >= 0.6 is 11.6 Å². The van der Waals surface area contributed by atoms with Crippen molar-refractivity contribution in [3.05, 3.63) is 81.3 Å². The summed E-state index contributed by atoms with van der Waals surface area (Å²) in [5.74, 6) is -5.17. The van der Waals surface area contributed by atoms with E-state index in [9.17, 15) is 36.3 Å². The van der Waals surface area contributed by atoms with Gasteiger partial charge in [0, 0.05) is 23.2 Å². The zero-order valence-electron chi connectivity index (χ0n) is 19.0. The Kier molecular flexibility index (Phi) is 6.67. The molecule has 1 aliphatic rings. The number of nitrogens with zero attached hydrogens (tertiary/aromatic N) is 2. The highest BCUT2D eigenvalue weighted by molar-refractivity contribution is 6.31. The van der Waals surface area contributed by atoms with Gasteiger partial charge in [-0.3, -0.25) is 14.4 Å². The van der Waals surface area contributed by atoms with Crippen molar-refractivity contribution >= 4 is 35.1 Å². The minimum atomic E-state index is -4.92. The molecule has 1 aliphatic heterocycles. The Bertz CT molecular complexity index is 1440. The lowest BCUT2D eigenvalue weighted by Gasteiger charge is -2.31. The van der Waals surface area contributed by atoms with Gasteiger partial charge in [0.15, 0.2) is 5.82 Å². The van der Waals surface area contributed by atoms with E-state index in [1.165, 1.54) is 24.6 Å². The van der Waals surface area contributed by atoms with E-state index >= 15 is 0 Å². The molecule has 4 rings (SSSR count). The predicted octanol–water partition coefficient (Wildman–Crippen LogP) is 4.23. The van der Waals surface area contributed by atoms with E-state index in [1.807, 2.05) is 0 Å². The number of amides is 3. The molecule has 0 aliphatic carbocycles. The molecule has 3 N–H and O–H groups in total. The third-order valence-corrected chi connectivity index (χ3v) is 6.04. The Morgan fingerprint density at radius 2 is 1.78 bits per heavy atom. The fourth-order valence-corrected chi connectivity index (χ4v) is 4.18. The van der Waals surface area contributed by atoms with Crippen LogP contribution in [0.15, 0.2) is 36.4 Å². The maximum absolute atomic E-state index is 14.1. The summed E-state index contributed by atoms with van der Waals surface area (Å²) in [6.07, 6.45) is -4.92. The Morgan fingerprint density at radius 1 is 1.08 bits per heavy atom. The highest BCUT2D eigenvalue weighted by Gasteiger charge is 2.39. The second kappa shape index (κ2) is 9.47. The molecule has 0 radical (unpaired) electrons. The molecule has 3 amide bonds. The summed E-state index contributed by atoms with van der Waals surface area (Å²) >= 11 is 6.25. The molecule has 0 spiro atoms. The average Bonchev–Trinajstić information content (AvgIpc) is 3.20.